The Balaban J connectivity index is 1.99. The van der Waals surface area contributed by atoms with Crippen molar-refractivity contribution in [1.82, 2.24) is 5.32 Å². The van der Waals surface area contributed by atoms with Crippen molar-refractivity contribution in [2.24, 2.45) is 0 Å². The predicted octanol–water partition coefficient (Wildman–Crippen LogP) is 5.32. The number of carbonyl (C=O) groups is 2. The summed E-state index contributed by atoms with van der Waals surface area (Å²) in [6.45, 7) is 0.0280. The Morgan fingerprint density at radius 1 is 0.967 bits per heavy atom. The van der Waals surface area contributed by atoms with Gasteiger partial charge in [-0.25, -0.2) is 0 Å². The molecule has 3 rings (SSSR count). The highest BCUT2D eigenvalue weighted by atomic mass is 79.9. The minimum Gasteiger partial charge on any atom is -0.468 e. The number of benzene rings is 3. The summed E-state index contributed by atoms with van der Waals surface area (Å²) in [7, 11) is 1.35. The van der Waals surface area contributed by atoms with Gasteiger partial charge in [-0.15, -0.1) is 0 Å². The quantitative estimate of drug-likeness (QED) is 0.405. The molecule has 0 heterocycles. The van der Waals surface area contributed by atoms with Crippen LogP contribution < -0.4 is 10.6 Å². The maximum absolute atomic E-state index is 12.9. The summed E-state index contributed by atoms with van der Waals surface area (Å²) in [4.78, 5) is 24.7. The standard InChI is InChI=1S/C23H20Br2N2O3/c1-30-21(28)14-26-22(15-7-3-2-4-8-15)18-13-16(24)11-12-20(18)27-23(29)17-9-5-6-10-19(17)25/h2-13,22,26H,14H2,1H3,(H,27,29)/t22-/m0/s1. The van der Waals surface area contributed by atoms with E-state index in [0.717, 1.165) is 15.6 Å². The number of rotatable bonds is 7. The average Bonchev–Trinajstić information content (AvgIpc) is 2.76. The molecular weight excluding hydrogens is 512 g/mol. The largest absolute Gasteiger partial charge is 0.468 e. The highest BCUT2D eigenvalue weighted by Crippen LogP contribution is 2.32. The molecule has 5 nitrogen and oxygen atoms in total. The number of methoxy groups -OCH3 is 1. The van der Waals surface area contributed by atoms with E-state index >= 15 is 0 Å². The van der Waals surface area contributed by atoms with Gasteiger partial charge in [0.2, 0.25) is 0 Å². The van der Waals surface area contributed by atoms with Gasteiger partial charge in [-0.3, -0.25) is 14.9 Å². The van der Waals surface area contributed by atoms with Crippen LogP contribution in [0.2, 0.25) is 0 Å². The Morgan fingerprint density at radius 2 is 1.67 bits per heavy atom. The van der Waals surface area contributed by atoms with Crippen molar-refractivity contribution in [3.05, 3.63) is 98.4 Å². The number of amides is 1. The molecule has 30 heavy (non-hydrogen) atoms. The van der Waals surface area contributed by atoms with Gasteiger partial charge in [0.05, 0.1) is 25.3 Å². The maximum Gasteiger partial charge on any atom is 0.319 e. The van der Waals surface area contributed by atoms with Crippen molar-refractivity contribution in [2.75, 3.05) is 19.0 Å². The molecule has 1 amide bonds. The molecule has 0 radical (unpaired) electrons. The van der Waals surface area contributed by atoms with Crippen molar-refractivity contribution in [1.29, 1.82) is 0 Å². The smallest absolute Gasteiger partial charge is 0.319 e. The molecule has 0 spiro atoms. The van der Waals surface area contributed by atoms with E-state index in [1.807, 2.05) is 66.7 Å². The highest BCUT2D eigenvalue weighted by molar-refractivity contribution is 9.10. The molecule has 0 aliphatic heterocycles. The molecule has 3 aromatic carbocycles. The summed E-state index contributed by atoms with van der Waals surface area (Å²) < 4.78 is 6.35. The van der Waals surface area contributed by atoms with Crippen LogP contribution in [0, 0.1) is 0 Å². The Labute approximate surface area is 192 Å². The third kappa shape index (κ3) is 5.56. The first-order valence-electron chi connectivity index (χ1n) is 9.20. The van der Waals surface area contributed by atoms with Crippen LogP contribution in [0.5, 0.6) is 0 Å². The van der Waals surface area contributed by atoms with Crippen LogP contribution in [0.15, 0.2) is 81.7 Å². The van der Waals surface area contributed by atoms with Crippen molar-refractivity contribution in [3.8, 4) is 0 Å². The minimum atomic E-state index is -0.371. The lowest BCUT2D eigenvalue weighted by Crippen LogP contribution is -2.30. The van der Waals surface area contributed by atoms with Gasteiger partial charge < -0.3 is 10.1 Å². The van der Waals surface area contributed by atoms with E-state index in [9.17, 15) is 9.59 Å². The van der Waals surface area contributed by atoms with Crippen molar-refractivity contribution < 1.29 is 14.3 Å². The topological polar surface area (TPSA) is 67.4 Å². The normalized spacial score (nSPS) is 11.6. The maximum atomic E-state index is 12.9. The van der Waals surface area contributed by atoms with Crippen LogP contribution in [0.25, 0.3) is 0 Å². The first-order valence-corrected chi connectivity index (χ1v) is 10.8. The van der Waals surface area contributed by atoms with Gasteiger partial charge in [-0.1, -0.05) is 58.4 Å². The third-order valence-corrected chi connectivity index (χ3v) is 5.69. The van der Waals surface area contributed by atoms with Crippen LogP contribution in [-0.4, -0.2) is 25.5 Å². The number of ether oxygens (including phenoxy) is 1. The van der Waals surface area contributed by atoms with Gasteiger partial charge in [0.1, 0.15) is 0 Å². The molecule has 154 valence electrons. The number of carbonyl (C=O) groups excluding carboxylic acids is 2. The lowest BCUT2D eigenvalue weighted by atomic mass is 9.96. The van der Waals surface area contributed by atoms with Crippen molar-refractivity contribution in [3.63, 3.8) is 0 Å². The molecule has 2 N–H and O–H groups in total. The number of halogens is 2. The Bertz CT molecular complexity index is 1040. The van der Waals surface area contributed by atoms with Crippen LogP contribution >= 0.6 is 31.9 Å². The van der Waals surface area contributed by atoms with Gasteiger partial charge in [0.25, 0.3) is 5.91 Å². The summed E-state index contributed by atoms with van der Waals surface area (Å²) >= 11 is 6.94. The van der Waals surface area contributed by atoms with Gasteiger partial charge in [-0.05, 0) is 57.4 Å². The number of hydrogen-bond acceptors (Lipinski definition) is 4. The van der Waals surface area contributed by atoms with E-state index in [4.69, 9.17) is 4.74 Å². The third-order valence-electron chi connectivity index (χ3n) is 4.50. The van der Waals surface area contributed by atoms with Crippen LogP contribution in [0.4, 0.5) is 5.69 Å². The fourth-order valence-electron chi connectivity index (χ4n) is 3.03. The first-order chi connectivity index (χ1) is 14.5. The summed E-state index contributed by atoms with van der Waals surface area (Å²) in [5, 5.41) is 6.24. The molecule has 0 aliphatic rings. The fourth-order valence-corrected chi connectivity index (χ4v) is 3.88. The van der Waals surface area contributed by atoms with E-state index in [1.54, 1.807) is 6.07 Å². The SMILES string of the molecule is COC(=O)CN[C@@H](c1ccccc1)c1cc(Br)ccc1NC(=O)c1ccccc1Br. The Kier molecular flexibility index (Phi) is 7.79. The van der Waals surface area contributed by atoms with E-state index in [1.165, 1.54) is 7.11 Å². The summed E-state index contributed by atoms with van der Waals surface area (Å²) in [6.07, 6.45) is 0. The number of anilines is 1. The summed E-state index contributed by atoms with van der Waals surface area (Å²) in [5.41, 5.74) is 2.95. The lowest BCUT2D eigenvalue weighted by Gasteiger charge is -2.23. The zero-order valence-corrected chi connectivity index (χ0v) is 19.4. The molecule has 0 saturated heterocycles. The van der Waals surface area contributed by atoms with Gasteiger partial charge >= 0.3 is 5.97 Å². The zero-order valence-electron chi connectivity index (χ0n) is 16.2. The number of nitrogens with one attached hydrogen (secondary N) is 2. The molecular formula is C23H20Br2N2O3. The zero-order chi connectivity index (χ0) is 21.5. The number of hydrogen-bond donors (Lipinski definition) is 2. The van der Waals surface area contributed by atoms with Crippen LogP contribution in [-0.2, 0) is 9.53 Å². The predicted molar refractivity (Wildman–Crippen MR) is 125 cm³/mol. The number of esters is 1. The highest BCUT2D eigenvalue weighted by Gasteiger charge is 2.21. The van der Waals surface area contributed by atoms with Crippen LogP contribution in [0.1, 0.15) is 27.5 Å². The van der Waals surface area contributed by atoms with E-state index in [-0.39, 0.29) is 24.5 Å². The monoisotopic (exact) mass is 530 g/mol. The molecule has 0 aliphatic carbocycles. The van der Waals surface area contributed by atoms with Gasteiger partial charge in [-0.2, -0.15) is 0 Å². The summed E-state index contributed by atoms with van der Waals surface area (Å²) in [5.74, 6) is -0.601. The second-order valence-electron chi connectivity index (χ2n) is 6.47. The Morgan fingerprint density at radius 3 is 2.37 bits per heavy atom. The summed E-state index contributed by atoms with van der Waals surface area (Å²) in [6, 6.07) is 22.3. The molecule has 0 bridgehead atoms. The first kappa shape index (κ1) is 22.2. The van der Waals surface area contributed by atoms with Crippen molar-refractivity contribution >= 4 is 49.4 Å². The van der Waals surface area contributed by atoms with Gasteiger partial charge in [0, 0.05) is 14.6 Å². The van der Waals surface area contributed by atoms with Crippen LogP contribution in [0.3, 0.4) is 0 Å². The molecule has 0 unspecified atom stereocenters. The van der Waals surface area contributed by atoms with Gasteiger partial charge in [0.15, 0.2) is 0 Å². The molecule has 7 heteroatoms. The van der Waals surface area contributed by atoms with E-state index in [2.05, 4.69) is 42.5 Å². The van der Waals surface area contributed by atoms with E-state index < -0.39 is 0 Å². The molecule has 1 atom stereocenters. The molecule has 0 aromatic heterocycles. The fraction of sp³-hybridized carbons (Fsp3) is 0.130. The molecule has 0 fully saturated rings. The second-order valence-corrected chi connectivity index (χ2v) is 8.24. The minimum absolute atomic E-state index is 0.0280. The lowest BCUT2D eigenvalue weighted by molar-refractivity contribution is -0.139. The second kappa shape index (κ2) is 10.5. The van der Waals surface area contributed by atoms with E-state index in [0.29, 0.717) is 15.7 Å². The average molecular weight is 532 g/mol. The molecule has 0 saturated carbocycles. The van der Waals surface area contributed by atoms with Crippen molar-refractivity contribution in [2.45, 2.75) is 6.04 Å². The molecule has 3 aromatic rings. The Hall–Kier alpha value is -2.48.